The highest BCUT2D eigenvalue weighted by atomic mass is 32.1. The zero-order valence-electron chi connectivity index (χ0n) is 10.7. The number of benzene rings is 1. The summed E-state index contributed by atoms with van der Waals surface area (Å²) in [6.45, 7) is 3.74. The van der Waals surface area contributed by atoms with Crippen molar-refractivity contribution in [2.45, 2.75) is 13.8 Å². The number of carbonyl (C=O) groups is 1. The first kappa shape index (κ1) is 12.0. The molecular formula is C14H13N3OS. The van der Waals surface area contributed by atoms with E-state index in [-0.39, 0.29) is 11.8 Å². The molecule has 2 heterocycles. The van der Waals surface area contributed by atoms with Crippen molar-refractivity contribution < 1.29 is 4.79 Å². The van der Waals surface area contributed by atoms with Crippen LogP contribution < -0.4 is 5.01 Å². The molecule has 1 aliphatic rings. The van der Waals surface area contributed by atoms with Crippen molar-refractivity contribution in [1.82, 2.24) is 4.98 Å². The number of hydrogen-bond acceptors (Lipinski definition) is 4. The molecule has 3 rings (SSSR count). The molecule has 96 valence electrons. The normalized spacial score (nSPS) is 18.8. The molecule has 1 atom stereocenters. The fourth-order valence-electron chi connectivity index (χ4n) is 1.90. The van der Waals surface area contributed by atoms with Gasteiger partial charge < -0.3 is 0 Å². The second-order valence-corrected chi connectivity index (χ2v) is 5.33. The Morgan fingerprint density at radius 1 is 1.26 bits per heavy atom. The SMILES string of the molecule is CC1=NN(c2nc(-c3ccccc3)cs2)C(=O)[C@@H]1C. The highest BCUT2D eigenvalue weighted by molar-refractivity contribution is 7.14. The number of amides is 1. The van der Waals surface area contributed by atoms with Crippen molar-refractivity contribution in [2.24, 2.45) is 11.0 Å². The lowest BCUT2D eigenvalue weighted by Crippen LogP contribution is -2.24. The molecule has 5 heteroatoms. The minimum Gasteiger partial charge on any atom is -0.272 e. The Morgan fingerprint density at radius 3 is 2.63 bits per heavy atom. The highest BCUT2D eigenvalue weighted by Crippen LogP contribution is 2.30. The molecule has 0 unspecified atom stereocenters. The van der Waals surface area contributed by atoms with Crippen LogP contribution >= 0.6 is 11.3 Å². The lowest BCUT2D eigenvalue weighted by Gasteiger charge is -2.07. The van der Waals surface area contributed by atoms with E-state index in [2.05, 4.69) is 10.1 Å². The van der Waals surface area contributed by atoms with Crippen LogP contribution in [0.2, 0.25) is 0 Å². The molecule has 0 bridgehead atoms. The molecular weight excluding hydrogens is 258 g/mol. The number of carbonyl (C=O) groups excluding carboxylic acids is 1. The van der Waals surface area contributed by atoms with Gasteiger partial charge in [-0.15, -0.1) is 11.3 Å². The van der Waals surface area contributed by atoms with Crippen LogP contribution in [-0.4, -0.2) is 16.6 Å². The minimum atomic E-state index is -0.149. The maximum absolute atomic E-state index is 12.0. The van der Waals surface area contributed by atoms with Crippen LogP contribution in [0.4, 0.5) is 5.13 Å². The molecule has 0 spiro atoms. The predicted octanol–water partition coefficient (Wildman–Crippen LogP) is 3.17. The topological polar surface area (TPSA) is 45.6 Å². The fourth-order valence-corrected chi connectivity index (χ4v) is 2.68. The largest absolute Gasteiger partial charge is 0.272 e. The van der Waals surface area contributed by atoms with Gasteiger partial charge in [-0.3, -0.25) is 4.79 Å². The van der Waals surface area contributed by atoms with Crippen molar-refractivity contribution in [1.29, 1.82) is 0 Å². The Morgan fingerprint density at radius 2 is 2.00 bits per heavy atom. The molecule has 0 aliphatic carbocycles. The van der Waals surface area contributed by atoms with Crippen LogP contribution in [0.25, 0.3) is 11.3 Å². The molecule has 1 aliphatic heterocycles. The second kappa shape index (κ2) is 4.59. The summed E-state index contributed by atoms with van der Waals surface area (Å²) in [7, 11) is 0. The molecule has 0 radical (unpaired) electrons. The first-order valence-electron chi connectivity index (χ1n) is 6.07. The Bertz CT molecular complexity index is 648. The smallest absolute Gasteiger partial charge is 0.258 e. The second-order valence-electron chi connectivity index (χ2n) is 4.49. The summed E-state index contributed by atoms with van der Waals surface area (Å²) in [5, 5.41) is 8.27. The molecule has 19 heavy (non-hydrogen) atoms. The van der Waals surface area contributed by atoms with E-state index in [0.29, 0.717) is 5.13 Å². The fraction of sp³-hybridized carbons (Fsp3) is 0.214. The van der Waals surface area contributed by atoms with Gasteiger partial charge in [0.2, 0.25) is 5.13 Å². The van der Waals surface area contributed by atoms with Crippen molar-refractivity contribution in [3.05, 3.63) is 35.7 Å². The third kappa shape index (κ3) is 2.06. The summed E-state index contributed by atoms with van der Waals surface area (Å²) in [6, 6.07) is 9.92. The molecule has 0 saturated heterocycles. The summed E-state index contributed by atoms with van der Waals surface area (Å²) in [4.78, 5) is 16.5. The van der Waals surface area contributed by atoms with Gasteiger partial charge in [-0.2, -0.15) is 10.1 Å². The van der Waals surface area contributed by atoms with Gasteiger partial charge in [-0.1, -0.05) is 30.3 Å². The van der Waals surface area contributed by atoms with E-state index in [1.807, 2.05) is 49.6 Å². The van der Waals surface area contributed by atoms with Crippen LogP contribution in [-0.2, 0) is 4.79 Å². The van der Waals surface area contributed by atoms with Crippen molar-refractivity contribution >= 4 is 28.1 Å². The van der Waals surface area contributed by atoms with E-state index in [9.17, 15) is 4.79 Å². The van der Waals surface area contributed by atoms with Gasteiger partial charge in [0.05, 0.1) is 11.6 Å². The predicted molar refractivity (Wildman–Crippen MR) is 77.3 cm³/mol. The lowest BCUT2D eigenvalue weighted by molar-refractivity contribution is -0.119. The summed E-state index contributed by atoms with van der Waals surface area (Å²) in [5.74, 6) is -0.157. The van der Waals surface area contributed by atoms with Crippen molar-refractivity contribution in [2.75, 3.05) is 5.01 Å². The third-order valence-electron chi connectivity index (χ3n) is 3.21. The quantitative estimate of drug-likeness (QED) is 0.842. The Hall–Kier alpha value is -2.01. The van der Waals surface area contributed by atoms with E-state index in [1.165, 1.54) is 16.3 Å². The van der Waals surface area contributed by atoms with E-state index in [4.69, 9.17) is 0 Å². The maximum Gasteiger partial charge on any atom is 0.258 e. The first-order valence-corrected chi connectivity index (χ1v) is 6.95. The molecule has 1 amide bonds. The monoisotopic (exact) mass is 271 g/mol. The van der Waals surface area contributed by atoms with Crippen molar-refractivity contribution in [3.8, 4) is 11.3 Å². The number of anilines is 1. The Kier molecular flexibility index (Phi) is 2.91. The van der Waals surface area contributed by atoms with Gasteiger partial charge in [-0.25, -0.2) is 4.98 Å². The van der Waals surface area contributed by atoms with Crippen LogP contribution in [0, 0.1) is 5.92 Å². The number of rotatable bonds is 2. The molecule has 0 N–H and O–H groups in total. The van der Waals surface area contributed by atoms with Crippen LogP contribution in [0.15, 0.2) is 40.8 Å². The van der Waals surface area contributed by atoms with Gasteiger partial charge in [0.25, 0.3) is 5.91 Å². The number of hydrazone groups is 1. The summed E-state index contributed by atoms with van der Waals surface area (Å²) >= 11 is 1.44. The summed E-state index contributed by atoms with van der Waals surface area (Å²) in [5.41, 5.74) is 2.76. The lowest BCUT2D eigenvalue weighted by atomic mass is 10.1. The highest BCUT2D eigenvalue weighted by Gasteiger charge is 2.32. The number of aromatic nitrogens is 1. The number of nitrogens with zero attached hydrogens (tertiary/aromatic N) is 3. The van der Waals surface area contributed by atoms with Gasteiger partial charge in [0, 0.05) is 16.7 Å². The third-order valence-corrected chi connectivity index (χ3v) is 4.02. The zero-order chi connectivity index (χ0) is 13.4. The molecule has 0 saturated carbocycles. The summed E-state index contributed by atoms with van der Waals surface area (Å²) in [6.07, 6.45) is 0. The van der Waals surface area contributed by atoms with E-state index in [1.54, 1.807) is 0 Å². The number of hydrogen-bond donors (Lipinski definition) is 0. The standard InChI is InChI=1S/C14H13N3OS/c1-9-10(2)16-17(13(9)18)14-15-12(8-19-14)11-6-4-3-5-7-11/h3-9H,1-2H3/t9-/m1/s1. The van der Waals surface area contributed by atoms with Crippen LogP contribution in [0.3, 0.4) is 0 Å². The van der Waals surface area contributed by atoms with Gasteiger partial charge >= 0.3 is 0 Å². The average Bonchev–Trinajstić information content (AvgIpc) is 3.01. The maximum atomic E-state index is 12.0. The van der Waals surface area contributed by atoms with E-state index in [0.717, 1.165) is 17.0 Å². The zero-order valence-corrected chi connectivity index (χ0v) is 11.5. The summed E-state index contributed by atoms with van der Waals surface area (Å²) < 4.78 is 0. The average molecular weight is 271 g/mol. The Labute approximate surface area is 115 Å². The van der Waals surface area contributed by atoms with Crippen LogP contribution in [0.5, 0.6) is 0 Å². The number of thiazole rings is 1. The van der Waals surface area contributed by atoms with E-state index >= 15 is 0 Å². The molecule has 1 aromatic heterocycles. The first-order chi connectivity index (χ1) is 9.16. The molecule has 0 fully saturated rings. The van der Waals surface area contributed by atoms with Gasteiger partial charge in [0.15, 0.2) is 0 Å². The molecule has 2 aromatic rings. The van der Waals surface area contributed by atoms with Gasteiger partial charge in [-0.05, 0) is 13.8 Å². The van der Waals surface area contributed by atoms with Crippen molar-refractivity contribution in [3.63, 3.8) is 0 Å². The Balaban J connectivity index is 1.93. The van der Waals surface area contributed by atoms with Crippen LogP contribution in [0.1, 0.15) is 13.8 Å². The molecule has 1 aromatic carbocycles. The van der Waals surface area contributed by atoms with Gasteiger partial charge in [0.1, 0.15) is 0 Å². The minimum absolute atomic E-state index is 0.00791. The molecule has 4 nitrogen and oxygen atoms in total. The van der Waals surface area contributed by atoms with E-state index < -0.39 is 0 Å².